The highest BCUT2D eigenvalue weighted by Crippen LogP contribution is 2.59. The molecule has 3 unspecified atom stereocenters. The molecular formula is C15H27NO3. The third-order valence-electron chi connectivity index (χ3n) is 4.52. The van der Waals surface area contributed by atoms with Crippen molar-refractivity contribution in [2.45, 2.75) is 59.9 Å². The van der Waals surface area contributed by atoms with Gasteiger partial charge in [-0.05, 0) is 25.2 Å². The van der Waals surface area contributed by atoms with E-state index in [1.54, 1.807) is 0 Å². The van der Waals surface area contributed by atoms with E-state index in [1.807, 2.05) is 25.7 Å². The number of hydrogen-bond acceptors (Lipinski definition) is 2. The first-order chi connectivity index (χ1) is 8.78. The average Bonchev–Trinajstić information content (AvgIpc) is 2.92. The summed E-state index contributed by atoms with van der Waals surface area (Å²) in [5, 5.41) is 9.19. The number of rotatable bonds is 7. The Morgan fingerprint density at radius 3 is 2.21 bits per heavy atom. The highest BCUT2D eigenvalue weighted by molar-refractivity contribution is 5.91. The van der Waals surface area contributed by atoms with Gasteiger partial charge in [-0.15, -0.1) is 0 Å². The Balaban J connectivity index is 2.80. The van der Waals surface area contributed by atoms with E-state index < -0.39 is 17.3 Å². The van der Waals surface area contributed by atoms with Crippen molar-refractivity contribution in [1.29, 1.82) is 0 Å². The second kappa shape index (κ2) is 5.93. The monoisotopic (exact) mass is 269 g/mol. The lowest BCUT2D eigenvalue weighted by molar-refractivity contribution is -0.142. The Hall–Kier alpha value is -1.06. The largest absolute Gasteiger partial charge is 0.481 e. The Bertz CT molecular complexity index is 351. The van der Waals surface area contributed by atoms with E-state index in [9.17, 15) is 14.7 Å². The first-order valence-electron chi connectivity index (χ1n) is 7.32. The molecule has 1 N–H and O–H groups in total. The van der Waals surface area contributed by atoms with E-state index in [0.29, 0.717) is 0 Å². The fraction of sp³-hybridized carbons (Fsp3) is 0.867. The van der Waals surface area contributed by atoms with Gasteiger partial charge in [0.2, 0.25) is 5.91 Å². The number of carboxylic acids is 1. The Morgan fingerprint density at radius 2 is 1.84 bits per heavy atom. The maximum Gasteiger partial charge on any atom is 0.307 e. The lowest BCUT2D eigenvalue weighted by Gasteiger charge is -2.29. The van der Waals surface area contributed by atoms with E-state index in [0.717, 1.165) is 25.8 Å². The van der Waals surface area contributed by atoms with Crippen LogP contribution in [0.25, 0.3) is 0 Å². The molecule has 0 radical (unpaired) electrons. The third kappa shape index (κ3) is 3.10. The van der Waals surface area contributed by atoms with Crippen LogP contribution in [0.2, 0.25) is 0 Å². The number of carboxylic acid groups (broad SMARTS) is 1. The highest BCUT2D eigenvalue weighted by atomic mass is 16.4. The van der Waals surface area contributed by atoms with Crippen molar-refractivity contribution < 1.29 is 14.7 Å². The molecule has 110 valence electrons. The number of carbonyl (C=O) groups is 2. The van der Waals surface area contributed by atoms with Gasteiger partial charge in [-0.2, -0.15) is 0 Å². The average molecular weight is 269 g/mol. The summed E-state index contributed by atoms with van der Waals surface area (Å²) < 4.78 is 0. The SMILES string of the molecule is CCCCN(C(=O)C1C(C(=O)O)C1(C)C)C(C)CC. The molecule has 0 aromatic rings. The summed E-state index contributed by atoms with van der Waals surface area (Å²) in [5.41, 5.74) is -0.402. The molecular weight excluding hydrogens is 242 g/mol. The van der Waals surface area contributed by atoms with Gasteiger partial charge >= 0.3 is 5.97 Å². The van der Waals surface area contributed by atoms with E-state index in [2.05, 4.69) is 13.8 Å². The van der Waals surface area contributed by atoms with Gasteiger partial charge in [0.25, 0.3) is 0 Å². The second-order valence-corrected chi connectivity index (χ2v) is 6.26. The normalized spacial score (nSPS) is 25.7. The molecule has 1 fully saturated rings. The first-order valence-corrected chi connectivity index (χ1v) is 7.32. The molecule has 1 saturated carbocycles. The van der Waals surface area contributed by atoms with Crippen LogP contribution in [0.1, 0.15) is 53.9 Å². The van der Waals surface area contributed by atoms with Crippen molar-refractivity contribution in [3.63, 3.8) is 0 Å². The number of nitrogens with zero attached hydrogens (tertiary/aromatic N) is 1. The predicted molar refractivity (Wildman–Crippen MR) is 74.8 cm³/mol. The molecule has 1 rings (SSSR count). The van der Waals surface area contributed by atoms with Gasteiger partial charge in [0.1, 0.15) is 0 Å². The predicted octanol–water partition coefficient (Wildman–Crippen LogP) is 2.77. The van der Waals surface area contributed by atoms with Gasteiger partial charge in [0.15, 0.2) is 0 Å². The highest BCUT2D eigenvalue weighted by Gasteiger charge is 2.66. The molecule has 1 aliphatic carbocycles. The summed E-state index contributed by atoms with van der Waals surface area (Å²) in [6, 6.07) is 0.185. The van der Waals surface area contributed by atoms with Crippen LogP contribution in [-0.2, 0) is 9.59 Å². The molecule has 0 bridgehead atoms. The summed E-state index contributed by atoms with van der Waals surface area (Å²) in [6.45, 7) is 10.7. The number of hydrogen-bond donors (Lipinski definition) is 1. The Morgan fingerprint density at radius 1 is 1.26 bits per heavy atom. The summed E-state index contributed by atoms with van der Waals surface area (Å²) in [6.07, 6.45) is 2.91. The molecule has 0 saturated heterocycles. The summed E-state index contributed by atoms with van der Waals surface area (Å²) >= 11 is 0. The van der Waals surface area contributed by atoms with Crippen LogP contribution in [0.5, 0.6) is 0 Å². The fourth-order valence-corrected chi connectivity index (χ4v) is 2.83. The van der Waals surface area contributed by atoms with Crippen molar-refractivity contribution in [2.75, 3.05) is 6.54 Å². The summed E-state index contributed by atoms with van der Waals surface area (Å²) in [5.74, 6) is -1.69. The number of amides is 1. The molecule has 0 spiro atoms. The number of aliphatic carboxylic acids is 1. The van der Waals surface area contributed by atoms with Crippen molar-refractivity contribution in [2.24, 2.45) is 17.3 Å². The first kappa shape index (κ1) is 16.0. The maximum absolute atomic E-state index is 12.6. The minimum absolute atomic E-state index is 0.0280. The summed E-state index contributed by atoms with van der Waals surface area (Å²) in [7, 11) is 0. The molecule has 0 heterocycles. The van der Waals surface area contributed by atoms with Gasteiger partial charge in [0.05, 0.1) is 11.8 Å². The zero-order chi connectivity index (χ0) is 14.8. The van der Waals surface area contributed by atoms with Gasteiger partial charge in [-0.25, -0.2) is 0 Å². The second-order valence-electron chi connectivity index (χ2n) is 6.26. The Kier molecular flexibility index (Phi) is 4.99. The summed E-state index contributed by atoms with van der Waals surface area (Å²) in [4.78, 5) is 25.7. The zero-order valence-electron chi connectivity index (χ0n) is 12.8. The van der Waals surface area contributed by atoms with Crippen LogP contribution < -0.4 is 0 Å². The van der Waals surface area contributed by atoms with Crippen LogP contribution in [0.3, 0.4) is 0 Å². The quantitative estimate of drug-likeness (QED) is 0.773. The molecule has 19 heavy (non-hydrogen) atoms. The third-order valence-corrected chi connectivity index (χ3v) is 4.52. The van der Waals surface area contributed by atoms with E-state index >= 15 is 0 Å². The minimum Gasteiger partial charge on any atom is -0.481 e. The zero-order valence-corrected chi connectivity index (χ0v) is 12.8. The maximum atomic E-state index is 12.6. The van der Waals surface area contributed by atoms with Crippen LogP contribution >= 0.6 is 0 Å². The van der Waals surface area contributed by atoms with Crippen LogP contribution in [0.4, 0.5) is 0 Å². The molecule has 0 aromatic heterocycles. The van der Waals surface area contributed by atoms with Crippen molar-refractivity contribution >= 4 is 11.9 Å². The number of unbranched alkanes of at least 4 members (excludes halogenated alkanes) is 1. The number of carbonyl (C=O) groups excluding carboxylic acids is 1. The molecule has 0 aliphatic heterocycles. The van der Waals surface area contributed by atoms with Crippen molar-refractivity contribution in [3.8, 4) is 0 Å². The topological polar surface area (TPSA) is 57.6 Å². The minimum atomic E-state index is -0.844. The van der Waals surface area contributed by atoms with E-state index in [-0.39, 0.29) is 17.9 Å². The fourth-order valence-electron chi connectivity index (χ4n) is 2.83. The lowest BCUT2D eigenvalue weighted by Crippen LogP contribution is -2.41. The van der Waals surface area contributed by atoms with Crippen molar-refractivity contribution in [3.05, 3.63) is 0 Å². The van der Waals surface area contributed by atoms with Gasteiger partial charge < -0.3 is 10.0 Å². The van der Waals surface area contributed by atoms with E-state index in [1.165, 1.54) is 0 Å². The van der Waals surface area contributed by atoms with Gasteiger partial charge in [0, 0.05) is 12.6 Å². The molecule has 3 atom stereocenters. The van der Waals surface area contributed by atoms with Crippen molar-refractivity contribution in [1.82, 2.24) is 4.90 Å². The molecule has 4 heteroatoms. The standard InChI is InChI=1S/C15H27NO3/c1-6-8-9-16(10(3)7-2)13(17)11-12(14(18)19)15(11,4)5/h10-12H,6-9H2,1-5H3,(H,18,19). The molecule has 0 aromatic carbocycles. The van der Waals surface area contributed by atoms with Gasteiger partial charge in [-0.1, -0.05) is 34.1 Å². The van der Waals surface area contributed by atoms with Gasteiger partial charge in [-0.3, -0.25) is 9.59 Å². The molecule has 4 nitrogen and oxygen atoms in total. The smallest absolute Gasteiger partial charge is 0.307 e. The Labute approximate surface area is 116 Å². The molecule has 1 aliphatic rings. The van der Waals surface area contributed by atoms with E-state index in [4.69, 9.17) is 0 Å². The van der Waals surface area contributed by atoms with Crippen LogP contribution in [0, 0.1) is 17.3 Å². The molecule has 1 amide bonds. The van der Waals surface area contributed by atoms with Crippen LogP contribution in [-0.4, -0.2) is 34.5 Å². The lowest BCUT2D eigenvalue weighted by atomic mass is 10.1. The van der Waals surface area contributed by atoms with Crippen LogP contribution in [0.15, 0.2) is 0 Å².